The lowest BCUT2D eigenvalue weighted by molar-refractivity contribution is -0.208. The third-order valence-electron chi connectivity index (χ3n) is 6.46. The highest BCUT2D eigenvalue weighted by Crippen LogP contribution is 2.40. The molecule has 3 aliphatic rings. The van der Waals surface area contributed by atoms with Gasteiger partial charge in [-0.25, -0.2) is 0 Å². The Labute approximate surface area is 160 Å². The zero-order valence-electron chi connectivity index (χ0n) is 16.1. The summed E-state index contributed by atoms with van der Waals surface area (Å²) < 4.78 is 11.4. The minimum absolute atomic E-state index is 0.00389. The molecule has 27 heavy (non-hydrogen) atoms. The predicted molar refractivity (Wildman–Crippen MR) is 97.3 cm³/mol. The molecule has 8 nitrogen and oxygen atoms in total. The van der Waals surface area contributed by atoms with E-state index < -0.39 is 23.2 Å². The molecule has 1 amide bonds. The maximum Gasteiger partial charge on any atom is 0.304 e. The Hall–Kier alpha value is -1.22. The fraction of sp³-hybridized carbons (Fsp3) is 0.895. The monoisotopic (exact) mass is 384 g/mol. The lowest BCUT2D eigenvalue weighted by Gasteiger charge is -2.53. The Kier molecular flexibility index (Phi) is 6.40. The molecule has 1 spiro atoms. The average Bonchev–Trinajstić information content (AvgIpc) is 2.66. The minimum Gasteiger partial charge on any atom is -0.481 e. The molecule has 154 valence electrons. The quantitative estimate of drug-likeness (QED) is 0.629. The number of ether oxygens (including phenoxy) is 2. The number of carboxylic acid groups (broad SMARTS) is 1. The van der Waals surface area contributed by atoms with Gasteiger partial charge in [-0.1, -0.05) is 0 Å². The van der Waals surface area contributed by atoms with Gasteiger partial charge in [0.05, 0.1) is 17.6 Å². The Bertz CT molecular complexity index is 542. The van der Waals surface area contributed by atoms with Crippen molar-refractivity contribution < 1.29 is 29.3 Å². The second kappa shape index (κ2) is 8.43. The second-order valence-corrected chi connectivity index (χ2v) is 8.34. The van der Waals surface area contributed by atoms with Gasteiger partial charge in [-0.15, -0.1) is 0 Å². The molecule has 0 saturated carbocycles. The number of carbonyl (C=O) groups is 2. The minimum atomic E-state index is -0.798. The first-order valence-corrected chi connectivity index (χ1v) is 10.0. The maximum atomic E-state index is 12.7. The van der Waals surface area contributed by atoms with Crippen LogP contribution in [0.15, 0.2) is 0 Å². The molecule has 0 aromatic rings. The Morgan fingerprint density at radius 2 is 1.81 bits per heavy atom. The van der Waals surface area contributed by atoms with Crippen molar-refractivity contribution in [1.29, 1.82) is 0 Å². The summed E-state index contributed by atoms with van der Waals surface area (Å²) in [7, 11) is 0. The van der Waals surface area contributed by atoms with Crippen LogP contribution in [0.2, 0.25) is 0 Å². The number of hydrogen-bond acceptors (Lipinski definition) is 6. The van der Waals surface area contributed by atoms with E-state index in [0.717, 1.165) is 12.8 Å². The Morgan fingerprint density at radius 1 is 1.15 bits per heavy atom. The molecular weight excluding hydrogens is 352 g/mol. The van der Waals surface area contributed by atoms with Gasteiger partial charge < -0.3 is 29.9 Å². The number of amides is 1. The van der Waals surface area contributed by atoms with E-state index in [-0.39, 0.29) is 18.2 Å². The summed E-state index contributed by atoms with van der Waals surface area (Å²) in [5.74, 6) is -0.858. The van der Waals surface area contributed by atoms with Crippen molar-refractivity contribution in [2.75, 3.05) is 39.5 Å². The fourth-order valence-electron chi connectivity index (χ4n) is 4.56. The van der Waals surface area contributed by atoms with Gasteiger partial charge in [0.15, 0.2) is 0 Å². The zero-order valence-corrected chi connectivity index (χ0v) is 16.1. The van der Waals surface area contributed by atoms with E-state index in [1.54, 1.807) is 0 Å². The zero-order chi connectivity index (χ0) is 19.5. The van der Waals surface area contributed by atoms with Gasteiger partial charge in [-0.05, 0) is 39.0 Å². The van der Waals surface area contributed by atoms with Crippen molar-refractivity contribution in [2.45, 2.75) is 62.7 Å². The molecule has 0 radical (unpaired) electrons. The van der Waals surface area contributed by atoms with Gasteiger partial charge in [-0.3, -0.25) is 9.59 Å². The summed E-state index contributed by atoms with van der Waals surface area (Å²) in [5, 5.41) is 23.1. The molecule has 0 bridgehead atoms. The number of rotatable bonds is 5. The standard InChI is InChI=1S/C19H32N2O6/c1-18(20-16(24)14-3-11-26-12-4-14)7-13-27-19(17(18)25)5-9-21(10-6-19)8-2-15(22)23/h14,17,25H,2-13H2,1H3,(H,20,24)(H,22,23)/t17-,18+/m0/s1. The Balaban J connectivity index is 1.60. The van der Waals surface area contributed by atoms with Crippen LogP contribution >= 0.6 is 0 Å². The molecule has 2 atom stereocenters. The van der Waals surface area contributed by atoms with E-state index >= 15 is 0 Å². The van der Waals surface area contributed by atoms with Crippen LogP contribution in [0.1, 0.15) is 45.4 Å². The number of nitrogens with zero attached hydrogens (tertiary/aromatic N) is 1. The molecule has 0 aromatic heterocycles. The van der Waals surface area contributed by atoms with Gasteiger partial charge in [0.2, 0.25) is 5.91 Å². The van der Waals surface area contributed by atoms with Crippen molar-refractivity contribution in [3.8, 4) is 0 Å². The number of likely N-dealkylation sites (tertiary alicyclic amines) is 1. The summed E-state index contributed by atoms with van der Waals surface area (Å²) in [6.45, 7) is 5.52. The predicted octanol–water partition coefficient (Wildman–Crippen LogP) is 0.378. The fourth-order valence-corrected chi connectivity index (χ4v) is 4.56. The van der Waals surface area contributed by atoms with Crippen molar-refractivity contribution >= 4 is 11.9 Å². The molecule has 0 aliphatic carbocycles. The van der Waals surface area contributed by atoms with E-state index in [0.29, 0.717) is 58.7 Å². The number of aliphatic hydroxyl groups is 1. The number of piperidine rings is 1. The second-order valence-electron chi connectivity index (χ2n) is 8.34. The number of carboxylic acids is 1. The molecule has 8 heteroatoms. The number of aliphatic carboxylic acids is 1. The first-order valence-electron chi connectivity index (χ1n) is 10.0. The van der Waals surface area contributed by atoms with Gasteiger partial charge in [-0.2, -0.15) is 0 Å². The topological polar surface area (TPSA) is 108 Å². The summed E-state index contributed by atoms with van der Waals surface area (Å²) in [5.41, 5.74) is -1.38. The van der Waals surface area contributed by atoms with Crippen molar-refractivity contribution in [3.63, 3.8) is 0 Å². The maximum absolute atomic E-state index is 12.7. The molecule has 3 aliphatic heterocycles. The van der Waals surface area contributed by atoms with Crippen LogP contribution in [-0.2, 0) is 19.1 Å². The van der Waals surface area contributed by atoms with Gasteiger partial charge in [0.1, 0.15) is 6.10 Å². The number of hydrogen-bond donors (Lipinski definition) is 3. The third kappa shape index (κ3) is 4.62. The molecule has 3 fully saturated rings. The largest absolute Gasteiger partial charge is 0.481 e. The highest BCUT2D eigenvalue weighted by molar-refractivity contribution is 5.79. The van der Waals surface area contributed by atoms with Gasteiger partial charge >= 0.3 is 5.97 Å². The first-order chi connectivity index (χ1) is 12.8. The van der Waals surface area contributed by atoms with Crippen LogP contribution in [0.3, 0.4) is 0 Å². The van der Waals surface area contributed by atoms with E-state index in [2.05, 4.69) is 10.2 Å². The highest BCUT2D eigenvalue weighted by Gasteiger charge is 2.54. The van der Waals surface area contributed by atoms with Crippen LogP contribution in [0.5, 0.6) is 0 Å². The van der Waals surface area contributed by atoms with E-state index in [9.17, 15) is 14.7 Å². The summed E-state index contributed by atoms with van der Waals surface area (Å²) in [6.07, 6.45) is 2.62. The van der Waals surface area contributed by atoms with Crippen LogP contribution in [0.4, 0.5) is 0 Å². The molecule has 3 N–H and O–H groups in total. The van der Waals surface area contributed by atoms with Crippen molar-refractivity contribution in [3.05, 3.63) is 0 Å². The lowest BCUT2D eigenvalue weighted by atomic mass is 9.73. The molecule has 3 rings (SSSR count). The normalized spacial score (nSPS) is 32.3. The smallest absolute Gasteiger partial charge is 0.304 e. The average molecular weight is 384 g/mol. The molecule has 0 unspecified atom stereocenters. The van der Waals surface area contributed by atoms with Gasteiger partial charge in [0, 0.05) is 45.4 Å². The summed E-state index contributed by atoms with van der Waals surface area (Å²) in [6, 6.07) is 0. The Morgan fingerprint density at radius 3 is 2.44 bits per heavy atom. The van der Waals surface area contributed by atoms with Crippen molar-refractivity contribution in [1.82, 2.24) is 10.2 Å². The number of carbonyl (C=O) groups excluding carboxylic acids is 1. The van der Waals surface area contributed by atoms with Crippen LogP contribution in [0.25, 0.3) is 0 Å². The van der Waals surface area contributed by atoms with E-state index in [1.165, 1.54) is 0 Å². The van der Waals surface area contributed by atoms with Gasteiger partial charge in [0.25, 0.3) is 0 Å². The third-order valence-corrected chi connectivity index (χ3v) is 6.46. The molecule has 3 heterocycles. The van der Waals surface area contributed by atoms with Crippen LogP contribution in [0, 0.1) is 5.92 Å². The van der Waals surface area contributed by atoms with Crippen LogP contribution in [-0.4, -0.2) is 83.7 Å². The molecule has 3 saturated heterocycles. The molecule has 0 aromatic carbocycles. The lowest BCUT2D eigenvalue weighted by Crippen LogP contribution is -2.69. The highest BCUT2D eigenvalue weighted by atomic mass is 16.5. The van der Waals surface area contributed by atoms with E-state index in [1.807, 2.05) is 6.92 Å². The first kappa shape index (κ1) is 20.5. The number of nitrogens with one attached hydrogen (secondary N) is 1. The van der Waals surface area contributed by atoms with Crippen molar-refractivity contribution in [2.24, 2.45) is 5.92 Å². The number of aliphatic hydroxyl groups excluding tert-OH is 1. The van der Waals surface area contributed by atoms with E-state index in [4.69, 9.17) is 14.6 Å². The SMILES string of the molecule is C[C@@]1(NC(=O)C2CCOCC2)CCOC2(CCN(CCC(=O)O)CC2)[C@H]1O. The molecular formula is C19H32N2O6. The summed E-state index contributed by atoms with van der Waals surface area (Å²) >= 11 is 0. The summed E-state index contributed by atoms with van der Waals surface area (Å²) in [4.78, 5) is 25.6. The van der Waals surface area contributed by atoms with Crippen LogP contribution < -0.4 is 5.32 Å².